The molecule has 1 aromatic rings. The van der Waals surface area contributed by atoms with Crippen LogP contribution in [0, 0.1) is 11.3 Å². The lowest BCUT2D eigenvalue weighted by molar-refractivity contribution is 0.185. The molecule has 2 heterocycles. The molecule has 0 amide bonds. The van der Waals surface area contributed by atoms with Crippen LogP contribution in [-0.4, -0.2) is 28.2 Å². The SMILES string of the molecule is Cn1nncc1C1(C#N)CCOC1. The summed E-state index contributed by atoms with van der Waals surface area (Å²) in [6.07, 6.45) is 2.36. The van der Waals surface area contributed by atoms with Gasteiger partial charge >= 0.3 is 0 Å². The molecular formula is C8H10N4O. The maximum Gasteiger partial charge on any atom is 0.126 e. The maximum atomic E-state index is 9.11. The number of hydrogen-bond acceptors (Lipinski definition) is 4. The standard InChI is InChI=1S/C8H10N4O/c1-12-7(4-10-11-12)8(5-9)2-3-13-6-8/h4H,2-3,6H2,1H3. The summed E-state index contributed by atoms with van der Waals surface area (Å²) in [4.78, 5) is 0. The number of nitrogens with zero attached hydrogens (tertiary/aromatic N) is 4. The lowest BCUT2D eigenvalue weighted by atomic mass is 9.86. The van der Waals surface area contributed by atoms with Gasteiger partial charge < -0.3 is 4.74 Å². The van der Waals surface area contributed by atoms with Crippen molar-refractivity contribution >= 4 is 0 Å². The van der Waals surface area contributed by atoms with Crippen LogP contribution in [0.15, 0.2) is 6.20 Å². The van der Waals surface area contributed by atoms with Gasteiger partial charge in [-0.3, -0.25) is 4.68 Å². The van der Waals surface area contributed by atoms with Crippen LogP contribution < -0.4 is 0 Å². The Hall–Kier alpha value is -1.41. The number of aromatic nitrogens is 3. The molecule has 1 atom stereocenters. The van der Waals surface area contributed by atoms with Gasteiger partial charge in [0.15, 0.2) is 0 Å². The van der Waals surface area contributed by atoms with Gasteiger partial charge in [0.2, 0.25) is 0 Å². The van der Waals surface area contributed by atoms with Crippen molar-refractivity contribution in [3.63, 3.8) is 0 Å². The minimum Gasteiger partial charge on any atom is -0.379 e. The van der Waals surface area contributed by atoms with Crippen molar-refractivity contribution in [3.8, 4) is 6.07 Å². The Morgan fingerprint density at radius 3 is 3.08 bits per heavy atom. The van der Waals surface area contributed by atoms with Crippen LogP contribution in [0.5, 0.6) is 0 Å². The molecule has 1 unspecified atom stereocenters. The van der Waals surface area contributed by atoms with Gasteiger partial charge in [0.25, 0.3) is 0 Å². The van der Waals surface area contributed by atoms with Gasteiger partial charge in [0.05, 0.1) is 24.6 Å². The van der Waals surface area contributed by atoms with Gasteiger partial charge in [-0.2, -0.15) is 5.26 Å². The first-order valence-electron chi connectivity index (χ1n) is 4.13. The second-order valence-electron chi connectivity index (χ2n) is 3.24. The normalized spacial score (nSPS) is 27.4. The fourth-order valence-electron chi connectivity index (χ4n) is 1.64. The van der Waals surface area contributed by atoms with Crippen LogP contribution >= 0.6 is 0 Å². The molecule has 2 rings (SSSR count). The molecule has 0 bridgehead atoms. The van der Waals surface area contributed by atoms with Crippen LogP contribution in [0.2, 0.25) is 0 Å². The van der Waals surface area contributed by atoms with Crippen molar-refractivity contribution in [3.05, 3.63) is 11.9 Å². The first-order valence-corrected chi connectivity index (χ1v) is 4.13. The van der Waals surface area contributed by atoms with E-state index < -0.39 is 5.41 Å². The zero-order valence-electron chi connectivity index (χ0n) is 7.40. The Bertz CT molecular complexity index is 345. The number of hydrogen-bond donors (Lipinski definition) is 0. The molecule has 1 fully saturated rings. The zero-order chi connectivity index (χ0) is 9.31. The fourth-order valence-corrected chi connectivity index (χ4v) is 1.64. The lowest BCUT2D eigenvalue weighted by Crippen LogP contribution is -2.27. The van der Waals surface area contributed by atoms with E-state index in [0.29, 0.717) is 13.2 Å². The summed E-state index contributed by atoms with van der Waals surface area (Å²) in [5.41, 5.74) is 0.311. The Labute approximate surface area is 75.9 Å². The van der Waals surface area contributed by atoms with E-state index in [9.17, 15) is 0 Å². The molecule has 5 heteroatoms. The largest absolute Gasteiger partial charge is 0.379 e. The van der Waals surface area contributed by atoms with Crippen molar-refractivity contribution in [2.45, 2.75) is 11.8 Å². The Morgan fingerprint density at radius 1 is 1.77 bits per heavy atom. The Balaban J connectivity index is 2.43. The molecule has 0 spiro atoms. The summed E-state index contributed by atoms with van der Waals surface area (Å²) in [6, 6.07) is 2.29. The topological polar surface area (TPSA) is 63.7 Å². The van der Waals surface area contributed by atoms with Gasteiger partial charge in [-0.05, 0) is 6.42 Å². The molecule has 1 saturated heterocycles. The predicted molar refractivity (Wildman–Crippen MR) is 43.7 cm³/mol. The van der Waals surface area contributed by atoms with Crippen molar-refractivity contribution < 1.29 is 4.74 Å². The molecule has 5 nitrogen and oxygen atoms in total. The minimum absolute atomic E-state index is 0.449. The van der Waals surface area contributed by atoms with E-state index in [0.717, 1.165) is 12.1 Å². The first kappa shape index (κ1) is 8.20. The second kappa shape index (κ2) is 2.82. The third kappa shape index (κ3) is 1.11. The van der Waals surface area contributed by atoms with Gasteiger partial charge in [-0.1, -0.05) is 5.21 Å². The molecule has 13 heavy (non-hydrogen) atoms. The minimum atomic E-state index is -0.530. The van der Waals surface area contributed by atoms with Gasteiger partial charge in [0, 0.05) is 13.7 Å². The van der Waals surface area contributed by atoms with E-state index in [1.54, 1.807) is 17.9 Å². The lowest BCUT2D eigenvalue weighted by Gasteiger charge is -2.16. The Morgan fingerprint density at radius 2 is 2.62 bits per heavy atom. The molecule has 1 aromatic heterocycles. The fraction of sp³-hybridized carbons (Fsp3) is 0.625. The summed E-state index contributed by atoms with van der Waals surface area (Å²) < 4.78 is 6.88. The average Bonchev–Trinajstić information content (AvgIpc) is 2.73. The van der Waals surface area contributed by atoms with E-state index in [-0.39, 0.29) is 0 Å². The number of aryl methyl sites for hydroxylation is 1. The molecular weight excluding hydrogens is 168 g/mol. The van der Waals surface area contributed by atoms with E-state index >= 15 is 0 Å². The van der Waals surface area contributed by atoms with E-state index in [1.165, 1.54) is 0 Å². The Kier molecular flexibility index (Phi) is 1.78. The molecule has 0 aromatic carbocycles. The smallest absolute Gasteiger partial charge is 0.126 e. The monoisotopic (exact) mass is 178 g/mol. The van der Waals surface area contributed by atoms with Crippen LogP contribution in [0.25, 0.3) is 0 Å². The molecule has 68 valence electrons. The number of ether oxygens (including phenoxy) is 1. The molecule has 0 N–H and O–H groups in total. The third-order valence-corrected chi connectivity index (χ3v) is 2.44. The average molecular weight is 178 g/mol. The van der Waals surface area contributed by atoms with Gasteiger partial charge in [-0.25, -0.2) is 0 Å². The van der Waals surface area contributed by atoms with Gasteiger partial charge in [0.1, 0.15) is 5.41 Å². The van der Waals surface area contributed by atoms with E-state index in [4.69, 9.17) is 10.00 Å². The van der Waals surface area contributed by atoms with Crippen LogP contribution in [-0.2, 0) is 17.2 Å². The quantitative estimate of drug-likeness (QED) is 0.607. The molecule has 0 radical (unpaired) electrons. The highest BCUT2D eigenvalue weighted by Gasteiger charge is 2.39. The molecule has 0 saturated carbocycles. The van der Waals surface area contributed by atoms with Crippen molar-refractivity contribution in [2.24, 2.45) is 7.05 Å². The highest BCUT2D eigenvalue weighted by atomic mass is 16.5. The summed E-state index contributed by atoms with van der Waals surface area (Å²) in [6.45, 7) is 1.09. The molecule has 1 aliphatic heterocycles. The highest BCUT2D eigenvalue weighted by Crippen LogP contribution is 2.31. The van der Waals surface area contributed by atoms with Crippen molar-refractivity contribution in [1.82, 2.24) is 15.0 Å². The first-order chi connectivity index (χ1) is 6.28. The van der Waals surface area contributed by atoms with Crippen molar-refractivity contribution in [1.29, 1.82) is 5.26 Å². The number of nitriles is 1. The number of rotatable bonds is 1. The van der Waals surface area contributed by atoms with Crippen LogP contribution in [0.4, 0.5) is 0 Å². The summed E-state index contributed by atoms with van der Waals surface area (Å²) in [5.74, 6) is 0. The third-order valence-electron chi connectivity index (χ3n) is 2.44. The maximum absolute atomic E-state index is 9.11. The summed E-state index contributed by atoms with van der Waals surface area (Å²) in [7, 11) is 1.79. The summed E-state index contributed by atoms with van der Waals surface area (Å²) >= 11 is 0. The van der Waals surface area contributed by atoms with E-state index in [2.05, 4.69) is 16.4 Å². The molecule has 1 aliphatic rings. The van der Waals surface area contributed by atoms with E-state index in [1.807, 2.05) is 0 Å². The van der Waals surface area contributed by atoms with Crippen LogP contribution in [0.3, 0.4) is 0 Å². The highest BCUT2D eigenvalue weighted by molar-refractivity contribution is 5.25. The summed E-state index contributed by atoms with van der Waals surface area (Å²) in [5, 5.41) is 16.7. The predicted octanol–water partition coefficient (Wildman–Crippen LogP) is -0.00322. The second-order valence-corrected chi connectivity index (χ2v) is 3.24. The van der Waals surface area contributed by atoms with Crippen molar-refractivity contribution in [2.75, 3.05) is 13.2 Å². The zero-order valence-corrected chi connectivity index (χ0v) is 7.40. The van der Waals surface area contributed by atoms with Crippen LogP contribution in [0.1, 0.15) is 12.1 Å². The van der Waals surface area contributed by atoms with Gasteiger partial charge in [-0.15, -0.1) is 5.10 Å². The molecule has 0 aliphatic carbocycles.